The van der Waals surface area contributed by atoms with Crippen LogP contribution >= 0.6 is 11.8 Å². The van der Waals surface area contributed by atoms with E-state index in [4.69, 9.17) is 9.15 Å². The van der Waals surface area contributed by atoms with Crippen LogP contribution in [0.1, 0.15) is 19.4 Å². The van der Waals surface area contributed by atoms with Crippen molar-refractivity contribution in [2.75, 3.05) is 12.4 Å². The first-order valence-corrected chi connectivity index (χ1v) is 9.41. The van der Waals surface area contributed by atoms with Gasteiger partial charge in [0.15, 0.2) is 16.7 Å². The molecule has 0 atom stereocenters. The molecule has 0 fully saturated rings. The number of thioether (sulfide) groups is 1. The lowest BCUT2D eigenvalue weighted by Crippen LogP contribution is -2.08. The molecule has 0 aliphatic carbocycles. The minimum Gasteiger partial charge on any atom is -0.493 e. The molecule has 6 heteroatoms. The maximum atomic E-state index is 5.79. The molecule has 132 valence electrons. The lowest BCUT2D eigenvalue weighted by atomic mass is 10.2. The van der Waals surface area contributed by atoms with Crippen LogP contribution in [0.3, 0.4) is 0 Å². The second-order valence-corrected chi connectivity index (χ2v) is 7.36. The van der Waals surface area contributed by atoms with Crippen molar-refractivity contribution in [1.82, 2.24) is 14.8 Å². The third kappa shape index (κ3) is 4.66. The van der Waals surface area contributed by atoms with E-state index < -0.39 is 0 Å². The van der Waals surface area contributed by atoms with Gasteiger partial charge < -0.3 is 9.15 Å². The van der Waals surface area contributed by atoms with Gasteiger partial charge in [-0.25, -0.2) is 0 Å². The fraction of sp³-hybridized carbons (Fsp3) is 0.368. The Morgan fingerprint density at radius 1 is 1.16 bits per heavy atom. The van der Waals surface area contributed by atoms with Crippen molar-refractivity contribution in [3.8, 4) is 17.3 Å². The first kappa shape index (κ1) is 17.6. The zero-order valence-electron chi connectivity index (χ0n) is 14.8. The molecule has 3 aromatic rings. The monoisotopic (exact) mass is 357 g/mol. The Morgan fingerprint density at radius 2 is 1.96 bits per heavy atom. The number of hydrogen-bond acceptors (Lipinski definition) is 5. The highest BCUT2D eigenvalue weighted by Gasteiger charge is 2.17. The van der Waals surface area contributed by atoms with E-state index in [9.17, 15) is 0 Å². The number of rotatable bonds is 8. The highest BCUT2D eigenvalue weighted by molar-refractivity contribution is 7.99. The Hall–Kier alpha value is -2.21. The number of ether oxygens (including phenoxy) is 1. The molecular weight excluding hydrogens is 334 g/mol. The van der Waals surface area contributed by atoms with Gasteiger partial charge in [0, 0.05) is 12.3 Å². The van der Waals surface area contributed by atoms with Gasteiger partial charge in [-0.15, -0.1) is 10.2 Å². The summed E-state index contributed by atoms with van der Waals surface area (Å²) in [6.07, 6.45) is 1.66. The molecule has 2 heterocycles. The summed E-state index contributed by atoms with van der Waals surface area (Å²) in [6, 6.07) is 11.9. The van der Waals surface area contributed by atoms with E-state index in [1.807, 2.05) is 24.3 Å². The molecule has 0 bridgehead atoms. The predicted octanol–water partition coefficient (Wildman–Crippen LogP) is 4.67. The summed E-state index contributed by atoms with van der Waals surface area (Å²) in [7, 11) is 0. The Labute approximate surface area is 152 Å². The molecule has 0 saturated carbocycles. The molecule has 25 heavy (non-hydrogen) atoms. The van der Waals surface area contributed by atoms with E-state index in [1.165, 1.54) is 5.56 Å². The summed E-state index contributed by atoms with van der Waals surface area (Å²) in [5.41, 5.74) is 1.23. The smallest absolute Gasteiger partial charge is 0.200 e. The van der Waals surface area contributed by atoms with Crippen LogP contribution in [0.15, 0.2) is 52.2 Å². The van der Waals surface area contributed by atoms with Crippen LogP contribution in [0.4, 0.5) is 0 Å². The lowest BCUT2D eigenvalue weighted by molar-refractivity contribution is 0.343. The minimum absolute atomic E-state index is 0.493. The summed E-state index contributed by atoms with van der Waals surface area (Å²) < 4.78 is 13.4. The van der Waals surface area contributed by atoms with Crippen LogP contribution in [0.5, 0.6) is 5.75 Å². The number of nitrogens with zero attached hydrogens (tertiary/aromatic N) is 3. The van der Waals surface area contributed by atoms with Crippen LogP contribution in [-0.2, 0) is 6.54 Å². The van der Waals surface area contributed by atoms with Gasteiger partial charge in [-0.2, -0.15) is 0 Å². The SMILES string of the molecule is Cc1ccc(OCCSc2nnc(-c3ccco3)n2CC(C)C)cc1. The molecule has 0 aliphatic rings. The van der Waals surface area contributed by atoms with Crippen molar-refractivity contribution >= 4 is 11.8 Å². The first-order chi connectivity index (χ1) is 12.1. The maximum absolute atomic E-state index is 5.79. The first-order valence-electron chi connectivity index (χ1n) is 8.43. The van der Waals surface area contributed by atoms with Crippen LogP contribution < -0.4 is 4.74 Å². The average molecular weight is 357 g/mol. The van der Waals surface area contributed by atoms with Crippen molar-refractivity contribution in [2.24, 2.45) is 5.92 Å². The van der Waals surface area contributed by atoms with Gasteiger partial charge in [-0.1, -0.05) is 43.3 Å². The van der Waals surface area contributed by atoms with Crippen molar-refractivity contribution in [2.45, 2.75) is 32.5 Å². The summed E-state index contributed by atoms with van der Waals surface area (Å²) in [6.45, 7) is 7.90. The molecule has 0 N–H and O–H groups in total. The molecular formula is C19H23N3O2S. The molecule has 0 spiro atoms. The average Bonchev–Trinajstić information content (AvgIpc) is 3.23. The fourth-order valence-corrected chi connectivity index (χ4v) is 3.20. The van der Waals surface area contributed by atoms with E-state index in [2.05, 4.69) is 47.7 Å². The third-order valence-electron chi connectivity index (χ3n) is 3.61. The maximum Gasteiger partial charge on any atom is 0.200 e. The summed E-state index contributed by atoms with van der Waals surface area (Å²) >= 11 is 1.65. The molecule has 0 radical (unpaired) electrons. The molecule has 3 rings (SSSR count). The molecule has 0 amide bonds. The number of aromatic nitrogens is 3. The van der Waals surface area contributed by atoms with E-state index in [0.717, 1.165) is 34.8 Å². The topological polar surface area (TPSA) is 53.1 Å². The molecule has 0 aliphatic heterocycles. The zero-order chi connectivity index (χ0) is 17.6. The number of furan rings is 1. The van der Waals surface area contributed by atoms with E-state index in [1.54, 1.807) is 18.0 Å². The van der Waals surface area contributed by atoms with Gasteiger partial charge >= 0.3 is 0 Å². The van der Waals surface area contributed by atoms with Gasteiger partial charge in [0.05, 0.1) is 12.9 Å². The Bertz CT molecular complexity index is 780. The molecule has 0 unspecified atom stereocenters. The van der Waals surface area contributed by atoms with Gasteiger partial charge in [0.2, 0.25) is 0 Å². The summed E-state index contributed by atoms with van der Waals surface area (Å²) in [5, 5.41) is 9.55. The quantitative estimate of drug-likeness (QED) is 0.433. The normalized spacial score (nSPS) is 11.2. The Morgan fingerprint density at radius 3 is 2.64 bits per heavy atom. The van der Waals surface area contributed by atoms with Gasteiger partial charge in [-0.05, 0) is 37.1 Å². The highest BCUT2D eigenvalue weighted by atomic mass is 32.2. The number of hydrogen-bond donors (Lipinski definition) is 0. The zero-order valence-corrected chi connectivity index (χ0v) is 15.6. The number of benzene rings is 1. The molecule has 0 saturated heterocycles. The molecule has 5 nitrogen and oxygen atoms in total. The van der Waals surface area contributed by atoms with Crippen LogP contribution in [-0.4, -0.2) is 27.1 Å². The van der Waals surface area contributed by atoms with Gasteiger partial charge in [0.1, 0.15) is 5.75 Å². The van der Waals surface area contributed by atoms with E-state index >= 15 is 0 Å². The molecule has 2 aromatic heterocycles. The summed E-state index contributed by atoms with van der Waals surface area (Å²) in [5.74, 6) is 3.72. The largest absolute Gasteiger partial charge is 0.493 e. The standard InChI is InChI=1S/C19H23N3O2S/c1-14(2)13-22-18(17-5-4-10-24-17)20-21-19(22)25-12-11-23-16-8-6-15(3)7-9-16/h4-10,14H,11-13H2,1-3H3. The Kier molecular flexibility index (Phi) is 5.81. The second-order valence-electron chi connectivity index (χ2n) is 6.30. The lowest BCUT2D eigenvalue weighted by Gasteiger charge is -2.11. The highest BCUT2D eigenvalue weighted by Crippen LogP contribution is 2.25. The Balaban J connectivity index is 1.62. The second kappa shape index (κ2) is 8.25. The van der Waals surface area contributed by atoms with E-state index in [-0.39, 0.29) is 0 Å². The van der Waals surface area contributed by atoms with Crippen molar-refractivity contribution in [3.05, 3.63) is 48.2 Å². The number of aryl methyl sites for hydroxylation is 1. The third-order valence-corrected chi connectivity index (χ3v) is 4.54. The van der Waals surface area contributed by atoms with Crippen LogP contribution in [0.25, 0.3) is 11.6 Å². The summed E-state index contributed by atoms with van der Waals surface area (Å²) in [4.78, 5) is 0. The van der Waals surface area contributed by atoms with Crippen molar-refractivity contribution in [3.63, 3.8) is 0 Å². The van der Waals surface area contributed by atoms with Crippen molar-refractivity contribution in [1.29, 1.82) is 0 Å². The van der Waals surface area contributed by atoms with Gasteiger partial charge in [0.25, 0.3) is 0 Å². The fourth-order valence-electron chi connectivity index (χ4n) is 2.44. The van der Waals surface area contributed by atoms with Crippen LogP contribution in [0, 0.1) is 12.8 Å². The minimum atomic E-state index is 0.493. The van der Waals surface area contributed by atoms with E-state index in [0.29, 0.717) is 12.5 Å². The van der Waals surface area contributed by atoms with Crippen molar-refractivity contribution < 1.29 is 9.15 Å². The van der Waals surface area contributed by atoms with Gasteiger partial charge in [-0.3, -0.25) is 4.57 Å². The predicted molar refractivity (Wildman–Crippen MR) is 100.0 cm³/mol. The van der Waals surface area contributed by atoms with Crippen LogP contribution in [0.2, 0.25) is 0 Å². The molecule has 1 aromatic carbocycles.